The van der Waals surface area contributed by atoms with Gasteiger partial charge < -0.3 is 10.8 Å². The molecule has 0 amide bonds. The fourth-order valence-electron chi connectivity index (χ4n) is 2.42. The van der Waals surface area contributed by atoms with Crippen LogP contribution in [-0.4, -0.2) is 46.4 Å². The molecule has 0 bridgehead atoms. The zero-order valence-corrected chi connectivity index (χ0v) is 12.4. The topological polar surface area (TPSA) is 101 Å². The molecule has 0 radical (unpaired) electrons. The fourth-order valence-corrected chi connectivity index (χ4v) is 5.05. The van der Waals surface area contributed by atoms with Crippen LogP contribution >= 0.6 is 11.3 Å². The van der Waals surface area contributed by atoms with Crippen molar-refractivity contribution < 1.29 is 13.5 Å². The van der Waals surface area contributed by atoms with Crippen LogP contribution in [0.25, 0.3) is 4.96 Å². The normalized spacial score (nSPS) is 16.9. The number of thiazole rings is 1. The molecule has 1 fully saturated rings. The molecule has 9 heteroatoms. The van der Waals surface area contributed by atoms with E-state index >= 15 is 0 Å². The van der Waals surface area contributed by atoms with Crippen LogP contribution in [0, 0.1) is 0 Å². The van der Waals surface area contributed by atoms with Crippen molar-refractivity contribution in [3.05, 3.63) is 11.6 Å². The number of anilines is 1. The van der Waals surface area contributed by atoms with Gasteiger partial charge in [0, 0.05) is 24.2 Å². The van der Waals surface area contributed by atoms with E-state index in [0.717, 1.165) is 19.3 Å². The molecule has 0 saturated heterocycles. The van der Waals surface area contributed by atoms with Crippen LogP contribution < -0.4 is 5.73 Å². The van der Waals surface area contributed by atoms with Crippen molar-refractivity contribution >= 4 is 32.1 Å². The lowest BCUT2D eigenvalue weighted by molar-refractivity contribution is 0.178. The summed E-state index contributed by atoms with van der Waals surface area (Å²) in [5.74, 6) is 0.0131. The summed E-state index contributed by atoms with van der Waals surface area (Å²) in [6.07, 6.45) is 4.31. The van der Waals surface area contributed by atoms with E-state index in [1.165, 1.54) is 20.0 Å². The molecule has 2 heterocycles. The Hall–Kier alpha value is -1.16. The molecule has 2 aromatic heterocycles. The lowest BCUT2D eigenvalue weighted by Crippen LogP contribution is -2.46. The molecule has 1 aliphatic rings. The highest BCUT2D eigenvalue weighted by molar-refractivity contribution is 7.89. The van der Waals surface area contributed by atoms with E-state index in [4.69, 9.17) is 10.8 Å². The molecule has 110 valence electrons. The molecule has 0 unspecified atom stereocenters. The van der Waals surface area contributed by atoms with Gasteiger partial charge in [-0.1, -0.05) is 6.42 Å². The smallest absolute Gasteiger partial charge is 0.263 e. The zero-order chi connectivity index (χ0) is 14.3. The third-order valence-electron chi connectivity index (χ3n) is 3.60. The first-order valence-electron chi connectivity index (χ1n) is 6.39. The number of nitrogens with two attached hydrogens (primary N) is 1. The first kappa shape index (κ1) is 13.8. The summed E-state index contributed by atoms with van der Waals surface area (Å²) >= 11 is 1.33. The van der Waals surface area contributed by atoms with Gasteiger partial charge in [-0.2, -0.15) is 4.31 Å². The van der Waals surface area contributed by atoms with Gasteiger partial charge in [0.05, 0.1) is 6.61 Å². The van der Waals surface area contributed by atoms with Crippen LogP contribution in [0.2, 0.25) is 0 Å². The van der Waals surface area contributed by atoms with Crippen LogP contribution in [0.4, 0.5) is 5.82 Å². The van der Waals surface area contributed by atoms with Gasteiger partial charge in [-0.25, -0.2) is 13.4 Å². The van der Waals surface area contributed by atoms with Crippen molar-refractivity contribution in [2.24, 2.45) is 0 Å². The molecular weight excluding hydrogens is 300 g/mol. The molecule has 0 aromatic carbocycles. The van der Waals surface area contributed by atoms with E-state index in [1.807, 2.05) is 0 Å². The Kier molecular flexibility index (Phi) is 3.44. The molecule has 1 saturated carbocycles. The van der Waals surface area contributed by atoms with E-state index in [2.05, 4.69) is 4.98 Å². The van der Waals surface area contributed by atoms with Gasteiger partial charge in [-0.15, -0.1) is 11.3 Å². The van der Waals surface area contributed by atoms with Crippen molar-refractivity contribution in [3.8, 4) is 0 Å². The van der Waals surface area contributed by atoms with Crippen LogP contribution in [0.1, 0.15) is 19.3 Å². The Bertz CT molecular complexity index is 717. The number of rotatable bonds is 5. The third-order valence-corrected chi connectivity index (χ3v) is 6.35. The fraction of sp³-hybridized carbons (Fsp3) is 0.545. The quantitative estimate of drug-likeness (QED) is 0.837. The van der Waals surface area contributed by atoms with Crippen molar-refractivity contribution in [2.45, 2.75) is 30.3 Å². The Morgan fingerprint density at radius 2 is 2.30 bits per heavy atom. The second kappa shape index (κ2) is 4.99. The maximum absolute atomic E-state index is 12.8. The van der Waals surface area contributed by atoms with Crippen molar-refractivity contribution in [1.29, 1.82) is 0 Å². The van der Waals surface area contributed by atoms with E-state index < -0.39 is 10.0 Å². The zero-order valence-electron chi connectivity index (χ0n) is 10.8. The lowest BCUT2D eigenvalue weighted by atomic mass is 9.93. The largest absolute Gasteiger partial charge is 0.395 e. The predicted molar refractivity (Wildman–Crippen MR) is 76.1 cm³/mol. The van der Waals surface area contributed by atoms with E-state index in [1.54, 1.807) is 11.6 Å². The minimum Gasteiger partial charge on any atom is -0.395 e. The SMILES string of the molecule is Nc1nc2sccn2c1S(=O)(=O)N(CCO)C1CCC1. The molecule has 1 aliphatic carbocycles. The summed E-state index contributed by atoms with van der Waals surface area (Å²) in [4.78, 5) is 4.63. The summed E-state index contributed by atoms with van der Waals surface area (Å²) < 4.78 is 28.5. The van der Waals surface area contributed by atoms with Crippen LogP contribution in [0.5, 0.6) is 0 Å². The minimum atomic E-state index is -3.75. The number of hydrogen-bond acceptors (Lipinski definition) is 6. The molecule has 2 aromatic rings. The van der Waals surface area contributed by atoms with Crippen molar-refractivity contribution in [3.63, 3.8) is 0 Å². The molecular formula is C11H16N4O3S2. The van der Waals surface area contributed by atoms with Gasteiger partial charge >= 0.3 is 0 Å². The first-order valence-corrected chi connectivity index (χ1v) is 8.71. The number of imidazole rings is 1. The lowest BCUT2D eigenvalue weighted by Gasteiger charge is -2.35. The predicted octanol–water partition coefficient (Wildman–Crippen LogP) is 0.513. The van der Waals surface area contributed by atoms with E-state index in [9.17, 15) is 8.42 Å². The van der Waals surface area contributed by atoms with Gasteiger partial charge in [-0.05, 0) is 12.8 Å². The van der Waals surface area contributed by atoms with Gasteiger partial charge in [0.15, 0.2) is 15.8 Å². The maximum atomic E-state index is 12.8. The average Bonchev–Trinajstić information content (AvgIpc) is 2.85. The van der Waals surface area contributed by atoms with Gasteiger partial charge in [-0.3, -0.25) is 4.40 Å². The molecule has 0 atom stereocenters. The number of aliphatic hydroxyl groups is 1. The Morgan fingerprint density at radius 3 is 2.90 bits per heavy atom. The summed E-state index contributed by atoms with van der Waals surface area (Å²) in [5, 5.41) is 10.9. The van der Waals surface area contributed by atoms with Gasteiger partial charge in [0.2, 0.25) is 0 Å². The van der Waals surface area contributed by atoms with Crippen LogP contribution in [0.15, 0.2) is 16.6 Å². The van der Waals surface area contributed by atoms with Gasteiger partial charge in [0.1, 0.15) is 0 Å². The number of aromatic nitrogens is 2. The van der Waals surface area contributed by atoms with E-state index in [-0.39, 0.29) is 30.0 Å². The standard InChI is InChI=1S/C11H16N4O3S2/c12-9-10(14-5-7-19-11(14)13-9)20(17,18)15(4-6-16)8-2-1-3-8/h5,7-8,16H,1-4,6,12H2. The second-order valence-corrected chi connectivity index (χ2v) is 7.46. The summed E-state index contributed by atoms with van der Waals surface area (Å²) in [5.41, 5.74) is 5.78. The number of nitrogens with zero attached hydrogens (tertiary/aromatic N) is 3. The third kappa shape index (κ3) is 2.01. The highest BCUT2D eigenvalue weighted by Crippen LogP contribution is 2.32. The number of fused-ring (bicyclic) bond motifs is 1. The molecule has 0 spiro atoms. The molecule has 7 nitrogen and oxygen atoms in total. The molecule has 20 heavy (non-hydrogen) atoms. The summed E-state index contributed by atoms with van der Waals surface area (Å²) in [7, 11) is -3.75. The van der Waals surface area contributed by atoms with E-state index in [0.29, 0.717) is 4.96 Å². The maximum Gasteiger partial charge on any atom is 0.263 e. The average molecular weight is 316 g/mol. The highest BCUT2D eigenvalue weighted by Gasteiger charge is 2.37. The summed E-state index contributed by atoms with van der Waals surface area (Å²) in [6.45, 7) is -0.120. The number of hydrogen-bond donors (Lipinski definition) is 2. The van der Waals surface area contributed by atoms with Crippen LogP contribution in [0.3, 0.4) is 0 Å². The van der Waals surface area contributed by atoms with Gasteiger partial charge in [0.25, 0.3) is 10.0 Å². The Morgan fingerprint density at radius 1 is 1.55 bits per heavy atom. The molecule has 3 N–H and O–H groups in total. The number of sulfonamides is 1. The molecule has 0 aliphatic heterocycles. The Balaban J connectivity index is 2.09. The number of nitrogen functional groups attached to an aromatic ring is 1. The molecule has 3 rings (SSSR count). The second-order valence-electron chi connectivity index (χ2n) is 4.78. The van der Waals surface area contributed by atoms with Crippen molar-refractivity contribution in [2.75, 3.05) is 18.9 Å². The first-order chi connectivity index (χ1) is 9.55. The Labute approximate surface area is 120 Å². The summed E-state index contributed by atoms with van der Waals surface area (Å²) in [6, 6.07) is -0.0456. The van der Waals surface area contributed by atoms with Crippen molar-refractivity contribution in [1.82, 2.24) is 13.7 Å². The van der Waals surface area contributed by atoms with Crippen LogP contribution in [-0.2, 0) is 10.0 Å². The number of aliphatic hydroxyl groups excluding tert-OH is 1. The minimum absolute atomic E-state index is 0.00843. The monoisotopic (exact) mass is 316 g/mol. The highest BCUT2D eigenvalue weighted by atomic mass is 32.2.